The van der Waals surface area contributed by atoms with Crippen LogP contribution in [0.3, 0.4) is 0 Å². The van der Waals surface area contributed by atoms with E-state index in [0.717, 1.165) is 63.7 Å². The highest BCUT2D eigenvalue weighted by atomic mass is 19.1. The van der Waals surface area contributed by atoms with Gasteiger partial charge in [0.25, 0.3) is 0 Å². The number of pyridine rings is 1. The van der Waals surface area contributed by atoms with E-state index in [1.54, 1.807) is 18.3 Å². The molecule has 4 heterocycles. The van der Waals surface area contributed by atoms with Gasteiger partial charge in [0, 0.05) is 23.1 Å². The van der Waals surface area contributed by atoms with Crippen LogP contribution in [0.4, 0.5) is 8.78 Å². The van der Waals surface area contributed by atoms with Crippen molar-refractivity contribution in [2.45, 2.75) is 76.7 Å². The number of halogens is 2. The second-order valence-electron chi connectivity index (χ2n) is 12.4. The van der Waals surface area contributed by atoms with Crippen LogP contribution in [0.1, 0.15) is 76.0 Å². The minimum absolute atomic E-state index is 0.0173. The van der Waals surface area contributed by atoms with Crippen LogP contribution in [0, 0.1) is 17.6 Å². The van der Waals surface area contributed by atoms with Gasteiger partial charge >= 0.3 is 6.01 Å². The quantitative estimate of drug-likeness (QED) is 0.268. The molecule has 8 heteroatoms. The van der Waals surface area contributed by atoms with Crippen molar-refractivity contribution in [1.82, 2.24) is 19.9 Å². The van der Waals surface area contributed by atoms with Crippen molar-refractivity contribution in [3.05, 3.63) is 53.4 Å². The molecule has 1 aliphatic carbocycles. The summed E-state index contributed by atoms with van der Waals surface area (Å²) in [5.74, 6) is -0.263. The fourth-order valence-electron chi connectivity index (χ4n) is 7.77. The molecule has 2 unspecified atom stereocenters. The highest BCUT2D eigenvalue weighted by Crippen LogP contribution is 2.43. The Morgan fingerprint density at radius 2 is 1.90 bits per heavy atom. The number of phenols is 1. The van der Waals surface area contributed by atoms with Crippen molar-refractivity contribution in [2.24, 2.45) is 5.92 Å². The zero-order chi connectivity index (χ0) is 28.3. The number of aromatic nitrogens is 3. The van der Waals surface area contributed by atoms with E-state index in [9.17, 15) is 9.50 Å². The SMILES string of the molecule is CCc1c(F)ccc2cc(O)cc(-c3ncc4c(C5CCC(C)C5)nc(OCC56CCCN5CCC6)nc4c3F)c12. The van der Waals surface area contributed by atoms with Crippen LogP contribution in [0.5, 0.6) is 11.8 Å². The Morgan fingerprint density at radius 1 is 1.10 bits per heavy atom. The van der Waals surface area contributed by atoms with E-state index >= 15 is 4.39 Å². The van der Waals surface area contributed by atoms with Crippen LogP contribution in [0.2, 0.25) is 0 Å². The Bertz CT molecular complexity index is 1650. The lowest BCUT2D eigenvalue weighted by Gasteiger charge is -2.31. The van der Waals surface area contributed by atoms with Gasteiger partial charge in [0.2, 0.25) is 0 Å². The Hall–Kier alpha value is -3.39. The third-order valence-electron chi connectivity index (χ3n) is 9.82. The van der Waals surface area contributed by atoms with Crippen molar-refractivity contribution in [1.29, 1.82) is 0 Å². The van der Waals surface area contributed by atoms with Gasteiger partial charge in [0.05, 0.1) is 11.2 Å². The number of phenolic OH excluding ortho intramolecular Hbond substituents is 1. The van der Waals surface area contributed by atoms with E-state index in [-0.39, 0.29) is 40.2 Å². The summed E-state index contributed by atoms with van der Waals surface area (Å²) in [5.41, 5.74) is 1.81. The van der Waals surface area contributed by atoms with Gasteiger partial charge in [0.1, 0.15) is 29.4 Å². The van der Waals surface area contributed by atoms with Crippen molar-refractivity contribution in [2.75, 3.05) is 19.7 Å². The van der Waals surface area contributed by atoms with Gasteiger partial charge < -0.3 is 9.84 Å². The third-order valence-corrected chi connectivity index (χ3v) is 9.82. The molecule has 3 aliphatic rings. The van der Waals surface area contributed by atoms with Crippen molar-refractivity contribution < 1.29 is 18.6 Å². The Labute approximate surface area is 238 Å². The first-order chi connectivity index (χ1) is 19.9. The standard InChI is InChI=1S/C33H36F2N4O2/c1-3-23-26(34)9-8-20-15-22(40)16-24(27(20)23)30-28(35)31-25(17-36-30)29(21-7-6-19(2)14-21)37-32(38-31)41-18-33-10-4-12-39(33)13-5-11-33/h8-9,15-17,19,21,40H,3-7,10-14,18H2,1-2H3. The Kier molecular flexibility index (Phi) is 6.57. The van der Waals surface area contributed by atoms with Crippen molar-refractivity contribution in [3.8, 4) is 23.0 Å². The van der Waals surface area contributed by atoms with Gasteiger partial charge in [-0.25, -0.2) is 8.78 Å². The molecular formula is C33H36F2N4O2. The molecule has 2 saturated heterocycles. The molecule has 1 saturated carbocycles. The number of ether oxygens (including phenoxy) is 1. The fraction of sp³-hybridized carbons (Fsp3) is 0.485. The number of hydrogen-bond acceptors (Lipinski definition) is 6. The monoisotopic (exact) mass is 558 g/mol. The highest BCUT2D eigenvalue weighted by Gasteiger charge is 2.45. The van der Waals surface area contributed by atoms with E-state index in [1.165, 1.54) is 12.1 Å². The van der Waals surface area contributed by atoms with Crippen molar-refractivity contribution in [3.63, 3.8) is 0 Å². The number of fused-ring (bicyclic) bond motifs is 3. The lowest BCUT2D eigenvalue weighted by atomic mass is 9.94. The molecule has 0 spiro atoms. The lowest BCUT2D eigenvalue weighted by Crippen LogP contribution is -2.43. The van der Waals surface area contributed by atoms with E-state index < -0.39 is 5.82 Å². The maximum absolute atomic E-state index is 16.6. The molecule has 214 valence electrons. The first kappa shape index (κ1) is 26.5. The minimum atomic E-state index is -0.609. The molecule has 4 aromatic rings. The van der Waals surface area contributed by atoms with Crippen LogP contribution in [0.15, 0.2) is 30.5 Å². The normalized spacial score (nSPS) is 22.1. The molecule has 3 fully saturated rings. The molecule has 2 atom stereocenters. The molecule has 2 aromatic heterocycles. The van der Waals surface area contributed by atoms with E-state index in [1.807, 2.05) is 6.92 Å². The van der Waals surface area contributed by atoms with Gasteiger partial charge in [0.15, 0.2) is 5.82 Å². The molecule has 2 aliphatic heterocycles. The third kappa shape index (κ3) is 4.42. The molecule has 7 rings (SSSR count). The number of hydrogen-bond donors (Lipinski definition) is 1. The molecule has 41 heavy (non-hydrogen) atoms. The predicted molar refractivity (Wildman–Crippen MR) is 155 cm³/mol. The fourth-order valence-corrected chi connectivity index (χ4v) is 7.77. The van der Waals surface area contributed by atoms with Crippen LogP contribution >= 0.6 is 0 Å². The number of nitrogens with zero attached hydrogens (tertiary/aromatic N) is 4. The zero-order valence-electron chi connectivity index (χ0n) is 23.7. The van der Waals surface area contributed by atoms with Crippen LogP contribution < -0.4 is 4.74 Å². The summed E-state index contributed by atoms with van der Waals surface area (Å²) in [6, 6.07) is 6.23. The topological polar surface area (TPSA) is 71.4 Å². The van der Waals surface area contributed by atoms with Gasteiger partial charge in [-0.15, -0.1) is 0 Å². The molecule has 0 bridgehead atoms. The lowest BCUT2D eigenvalue weighted by molar-refractivity contribution is 0.107. The Morgan fingerprint density at radius 3 is 2.63 bits per heavy atom. The molecule has 2 aromatic carbocycles. The van der Waals surface area contributed by atoms with Gasteiger partial charge in [-0.1, -0.05) is 26.3 Å². The molecule has 0 radical (unpaired) electrons. The maximum Gasteiger partial charge on any atom is 0.317 e. The van der Waals surface area contributed by atoms with Gasteiger partial charge in [-0.2, -0.15) is 9.97 Å². The smallest absolute Gasteiger partial charge is 0.317 e. The predicted octanol–water partition coefficient (Wildman–Crippen LogP) is 7.30. The second kappa shape index (κ2) is 10.2. The van der Waals surface area contributed by atoms with E-state index in [2.05, 4.69) is 21.8 Å². The van der Waals surface area contributed by atoms with Crippen LogP contribution in [-0.4, -0.2) is 50.2 Å². The summed E-state index contributed by atoms with van der Waals surface area (Å²) in [6.45, 7) is 6.78. The number of rotatable bonds is 6. The number of aryl methyl sites for hydroxylation is 1. The van der Waals surface area contributed by atoms with E-state index in [0.29, 0.717) is 46.2 Å². The average Bonchev–Trinajstić information content (AvgIpc) is 3.68. The summed E-state index contributed by atoms with van der Waals surface area (Å²) in [6.07, 6.45) is 9.62. The van der Waals surface area contributed by atoms with Crippen LogP contribution in [-0.2, 0) is 6.42 Å². The number of aromatic hydroxyl groups is 1. The summed E-state index contributed by atoms with van der Waals surface area (Å²) in [4.78, 5) is 16.6. The largest absolute Gasteiger partial charge is 0.508 e. The van der Waals surface area contributed by atoms with Gasteiger partial charge in [-0.3, -0.25) is 9.88 Å². The maximum atomic E-state index is 16.6. The minimum Gasteiger partial charge on any atom is -0.508 e. The molecule has 1 N–H and O–H groups in total. The summed E-state index contributed by atoms with van der Waals surface area (Å²) in [5, 5.41) is 12.3. The average molecular weight is 559 g/mol. The summed E-state index contributed by atoms with van der Waals surface area (Å²) in [7, 11) is 0. The van der Waals surface area contributed by atoms with Crippen molar-refractivity contribution >= 4 is 21.7 Å². The molecule has 6 nitrogen and oxygen atoms in total. The first-order valence-electron chi connectivity index (χ1n) is 15.1. The number of benzene rings is 2. The van der Waals surface area contributed by atoms with Gasteiger partial charge in [-0.05, 0) is 98.5 Å². The molecular weight excluding hydrogens is 522 g/mol. The summed E-state index contributed by atoms with van der Waals surface area (Å²) >= 11 is 0. The second-order valence-corrected chi connectivity index (χ2v) is 12.4. The summed E-state index contributed by atoms with van der Waals surface area (Å²) < 4.78 is 37.8. The molecule has 0 amide bonds. The Balaban J connectivity index is 1.38. The van der Waals surface area contributed by atoms with E-state index in [4.69, 9.17) is 9.72 Å². The first-order valence-corrected chi connectivity index (χ1v) is 15.1. The van der Waals surface area contributed by atoms with Crippen LogP contribution in [0.25, 0.3) is 32.9 Å². The zero-order valence-corrected chi connectivity index (χ0v) is 23.7. The highest BCUT2D eigenvalue weighted by molar-refractivity contribution is 6.01.